The van der Waals surface area contributed by atoms with E-state index in [4.69, 9.17) is 11.6 Å². The molecular formula is C17H19BrClN. The van der Waals surface area contributed by atoms with Crippen LogP contribution in [-0.2, 0) is 6.54 Å². The molecule has 20 heavy (non-hydrogen) atoms. The van der Waals surface area contributed by atoms with E-state index in [-0.39, 0.29) is 0 Å². The molecule has 2 rings (SSSR count). The molecule has 1 atom stereocenters. The van der Waals surface area contributed by atoms with Crippen molar-refractivity contribution >= 4 is 27.5 Å². The molecule has 0 saturated carbocycles. The summed E-state index contributed by atoms with van der Waals surface area (Å²) in [5, 5.41) is 4.39. The summed E-state index contributed by atoms with van der Waals surface area (Å²) < 4.78 is 1.16. The highest BCUT2D eigenvalue weighted by Gasteiger charge is 2.09. The quantitative estimate of drug-likeness (QED) is 0.733. The van der Waals surface area contributed by atoms with Crippen LogP contribution >= 0.6 is 27.5 Å². The Hall–Kier alpha value is -0.830. The van der Waals surface area contributed by atoms with E-state index in [1.54, 1.807) is 0 Å². The molecule has 0 aliphatic rings. The molecule has 1 N–H and O–H groups in total. The van der Waals surface area contributed by atoms with E-state index in [0.717, 1.165) is 22.5 Å². The van der Waals surface area contributed by atoms with E-state index >= 15 is 0 Å². The molecule has 0 aliphatic carbocycles. The van der Waals surface area contributed by atoms with Gasteiger partial charge in [-0.05, 0) is 48.2 Å². The molecule has 0 aliphatic heterocycles. The van der Waals surface area contributed by atoms with Gasteiger partial charge in [-0.1, -0.05) is 58.7 Å². The van der Waals surface area contributed by atoms with Gasteiger partial charge >= 0.3 is 0 Å². The molecule has 1 unspecified atom stereocenters. The van der Waals surface area contributed by atoms with Gasteiger partial charge in [0.2, 0.25) is 0 Å². The number of halogens is 2. The second-order valence-electron chi connectivity index (χ2n) is 4.99. The Morgan fingerprint density at radius 2 is 1.85 bits per heavy atom. The third-order valence-corrected chi connectivity index (χ3v) is 4.42. The lowest BCUT2D eigenvalue weighted by Crippen LogP contribution is -2.20. The molecule has 3 heteroatoms. The van der Waals surface area contributed by atoms with Crippen molar-refractivity contribution in [2.75, 3.05) is 0 Å². The van der Waals surface area contributed by atoms with Crippen LogP contribution < -0.4 is 5.32 Å². The van der Waals surface area contributed by atoms with Gasteiger partial charge in [0.05, 0.1) is 0 Å². The molecule has 1 nitrogen and oxygen atoms in total. The van der Waals surface area contributed by atoms with Crippen LogP contribution in [0, 0.1) is 6.92 Å². The zero-order chi connectivity index (χ0) is 14.5. The van der Waals surface area contributed by atoms with Crippen molar-refractivity contribution < 1.29 is 0 Å². The Balaban J connectivity index is 2.05. The molecule has 0 spiro atoms. The average molecular weight is 353 g/mol. The van der Waals surface area contributed by atoms with Crippen molar-refractivity contribution in [2.45, 2.75) is 32.9 Å². The van der Waals surface area contributed by atoms with Crippen LogP contribution in [0.4, 0.5) is 0 Å². The van der Waals surface area contributed by atoms with Gasteiger partial charge in [0.25, 0.3) is 0 Å². The summed E-state index contributed by atoms with van der Waals surface area (Å²) in [5.74, 6) is 0. The number of hydrogen-bond donors (Lipinski definition) is 1. The molecular weight excluding hydrogens is 334 g/mol. The van der Waals surface area contributed by atoms with Crippen LogP contribution in [0.3, 0.4) is 0 Å². The fourth-order valence-corrected chi connectivity index (χ4v) is 2.98. The number of rotatable bonds is 5. The lowest BCUT2D eigenvalue weighted by molar-refractivity contribution is 0.518. The highest BCUT2D eigenvalue weighted by Crippen LogP contribution is 2.22. The highest BCUT2D eigenvalue weighted by molar-refractivity contribution is 9.10. The van der Waals surface area contributed by atoms with Crippen molar-refractivity contribution in [1.29, 1.82) is 0 Å². The molecule has 0 aromatic heterocycles. The van der Waals surface area contributed by atoms with E-state index in [2.05, 4.69) is 65.4 Å². The van der Waals surface area contributed by atoms with E-state index in [9.17, 15) is 0 Å². The summed E-state index contributed by atoms with van der Waals surface area (Å²) in [6.45, 7) is 5.14. The first-order chi connectivity index (χ1) is 9.60. The van der Waals surface area contributed by atoms with Gasteiger partial charge in [0, 0.05) is 22.1 Å². The number of aryl methyl sites for hydroxylation is 1. The monoisotopic (exact) mass is 351 g/mol. The zero-order valence-corrected chi connectivity index (χ0v) is 14.1. The zero-order valence-electron chi connectivity index (χ0n) is 11.8. The van der Waals surface area contributed by atoms with E-state index < -0.39 is 0 Å². The Morgan fingerprint density at radius 3 is 2.45 bits per heavy atom. The van der Waals surface area contributed by atoms with Crippen LogP contribution in [0.1, 0.15) is 36.1 Å². The first-order valence-electron chi connectivity index (χ1n) is 6.84. The van der Waals surface area contributed by atoms with Gasteiger partial charge in [-0.15, -0.1) is 0 Å². The van der Waals surface area contributed by atoms with Crippen molar-refractivity contribution in [3.05, 3.63) is 68.7 Å². The highest BCUT2D eigenvalue weighted by atomic mass is 79.9. The first-order valence-corrected chi connectivity index (χ1v) is 8.01. The molecule has 0 heterocycles. The Bertz CT molecular complexity index is 566. The maximum absolute atomic E-state index is 5.94. The second kappa shape index (κ2) is 7.26. The standard InChI is InChI=1S/C17H19BrClN/c1-3-17(13-6-8-15(19)9-7-13)20-11-14-5-4-12(2)10-16(14)18/h4-10,17,20H,3,11H2,1-2H3. The van der Waals surface area contributed by atoms with E-state index in [1.807, 2.05) is 12.1 Å². The van der Waals surface area contributed by atoms with Crippen LogP contribution in [0.15, 0.2) is 46.9 Å². The Morgan fingerprint density at radius 1 is 1.15 bits per heavy atom. The van der Waals surface area contributed by atoms with Gasteiger partial charge < -0.3 is 5.32 Å². The second-order valence-corrected chi connectivity index (χ2v) is 6.28. The van der Waals surface area contributed by atoms with Crippen molar-refractivity contribution in [3.8, 4) is 0 Å². The minimum Gasteiger partial charge on any atom is -0.306 e. The van der Waals surface area contributed by atoms with E-state index in [1.165, 1.54) is 16.7 Å². The van der Waals surface area contributed by atoms with Gasteiger partial charge in [-0.3, -0.25) is 0 Å². The van der Waals surface area contributed by atoms with Crippen LogP contribution in [0.5, 0.6) is 0 Å². The molecule has 0 amide bonds. The fourth-order valence-electron chi connectivity index (χ4n) is 2.22. The van der Waals surface area contributed by atoms with Crippen molar-refractivity contribution in [2.24, 2.45) is 0 Å². The summed E-state index contributed by atoms with van der Waals surface area (Å²) in [5.41, 5.74) is 3.83. The largest absolute Gasteiger partial charge is 0.306 e. The predicted molar refractivity (Wildman–Crippen MR) is 90.2 cm³/mol. The van der Waals surface area contributed by atoms with Crippen LogP contribution in [-0.4, -0.2) is 0 Å². The normalized spacial score (nSPS) is 12.4. The van der Waals surface area contributed by atoms with Crippen LogP contribution in [0.2, 0.25) is 5.02 Å². The molecule has 0 radical (unpaired) electrons. The first kappa shape index (κ1) is 15.6. The molecule has 0 saturated heterocycles. The Labute approximate surface area is 134 Å². The minimum atomic E-state index is 0.348. The van der Waals surface area contributed by atoms with Gasteiger partial charge in [0.15, 0.2) is 0 Å². The Kier molecular flexibility index (Phi) is 5.64. The lowest BCUT2D eigenvalue weighted by Gasteiger charge is -2.18. The minimum absolute atomic E-state index is 0.348. The number of benzene rings is 2. The number of nitrogens with one attached hydrogen (secondary N) is 1. The van der Waals surface area contributed by atoms with E-state index in [0.29, 0.717) is 6.04 Å². The van der Waals surface area contributed by atoms with Crippen LogP contribution in [0.25, 0.3) is 0 Å². The topological polar surface area (TPSA) is 12.0 Å². The summed E-state index contributed by atoms with van der Waals surface area (Å²) in [4.78, 5) is 0. The third kappa shape index (κ3) is 4.08. The average Bonchev–Trinajstić information content (AvgIpc) is 2.43. The summed E-state index contributed by atoms with van der Waals surface area (Å²) in [7, 11) is 0. The van der Waals surface area contributed by atoms with Gasteiger partial charge in [-0.25, -0.2) is 0 Å². The molecule has 0 fully saturated rings. The predicted octanol–water partition coefficient (Wildman–Crippen LogP) is 5.65. The maximum atomic E-state index is 5.94. The smallest absolute Gasteiger partial charge is 0.0406 e. The summed E-state index contributed by atoms with van der Waals surface area (Å²) >= 11 is 9.57. The van der Waals surface area contributed by atoms with Gasteiger partial charge in [-0.2, -0.15) is 0 Å². The summed E-state index contributed by atoms with van der Waals surface area (Å²) in [6.07, 6.45) is 1.05. The summed E-state index contributed by atoms with van der Waals surface area (Å²) in [6, 6.07) is 14.9. The molecule has 0 bridgehead atoms. The third-order valence-electron chi connectivity index (χ3n) is 3.43. The SMILES string of the molecule is CCC(NCc1ccc(C)cc1Br)c1ccc(Cl)cc1. The molecule has 2 aromatic rings. The fraction of sp³-hybridized carbons (Fsp3) is 0.294. The van der Waals surface area contributed by atoms with Crippen molar-refractivity contribution in [1.82, 2.24) is 5.32 Å². The lowest BCUT2D eigenvalue weighted by atomic mass is 10.0. The van der Waals surface area contributed by atoms with Gasteiger partial charge in [0.1, 0.15) is 0 Å². The van der Waals surface area contributed by atoms with Crippen molar-refractivity contribution in [3.63, 3.8) is 0 Å². The number of hydrogen-bond acceptors (Lipinski definition) is 1. The maximum Gasteiger partial charge on any atom is 0.0406 e. The molecule has 106 valence electrons. The molecule has 2 aromatic carbocycles.